The van der Waals surface area contributed by atoms with Crippen LogP contribution in [0.25, 0.3) is 23.1 Å². The summed E-state index contributed by atoms with van der Waals surface area (Å²) in [6.07, 6.45) is 9.00. The highest BCUT2D eigenvalue weighted by molar-refractivity contribution is 6.22. The van der Waals surface area contributed by atoms with Gasteiger partial charge in [0.1, 0.15) is 0 Å². The van der Waals surface area contributed by atoms with Crippen LogP contribution in [0.5, 0.6) is 5.88 Å². The Morgan fingerprint density at radius 1 is 1.08 bits per heavy atom. The molecule has 0 radical (unpaired) electrons. The highest BCUT2D eigenvalue weighted by atomic mass is 16.6. The molecular formula is C29H26N6O3. The number of H-pyrrole nitrogens is 2. The zero-order valence-electron chi connectivity index (χ0n) is 20.5. The Morgan fingerprint density at radius 2 is 1.87 bits per heavy atom. The van der Waals surface area contributed by atoms with Crippen LogP contribution in [0.2, 0.25) is 0 Å². The molecule has 0 atom stereocenters. The number of rotatable bonds is 9. The smallest absolute Gasteiger partial charge is 0.270 e. The minimum Gasteiger partial charge on any atom is -0.494 e. The highest BCUT2D eigenvalue weighted by Gasteiger charge is 2.21. The zero-order valence-corrected chi connectivity index (χ0v) is 20.5. The molecule has 5 N–H and O–H groups in total. The van der Waals surface area contributed by atoms with Crippen molar-refractivity contribution in [2.75, 3.05) is 6.54 Å². The quantitative estimate of drug-likeness (QED) is 0.114. The molecule has 3 aromatic carbocycles. The fourth-order valence-corrected chi connectivity index (χ4v) is 4.25. The van der Waals surface area contributed by atoms with Crippen LogP contribution in [0.3, 0.4) is 0 Å². The van der Waals surface area contributed by atoms with E-state index in [9.17, 15) is 15.2 Å². The molecule has 5 rings (SSSR count). The number of nitrogens with two attached hydrogens (primary N) is 1. The number of nitro groups is 1. The van der Waals surface area contributed by atoms with Gasteiger partial charge in [-0.15, -0.1) is 0 Å². The number of aryl methyl sites for hydroxylation is 1. The van der Waals surface area contributed by atoms with Crippen molar-refractivity contribution >= 4 is 40.1 Å². The molecule has 38 heavy (non-hydrogen) atoms. The molecule has 0 spiro atoms. The second kappa shape index (κ2) is 10.9. The third-order valence-corrected chi connectivity index (χ3v) is 6.22. The SMILES string of the molecule is NCCCc1ccc(C(=Nc2ccc(/C=C/c3cnc[nH]3)cc2)c2c(O)[nH]c3ccc([N+](=O)[O-])cc23)cc1. The van der Waals surface area contributed by atoms with E-state index in [1.807, 2.05) is 60.7 Å². The van der Waals surface area contributed by atoms with Crippen molar-refractivity contribution < 1.29 is 10.0 Å². The summed E-state index contributed by atoms with van der Waals surface area (Å²) in [5.74, 6) is -0.106. The Bertz CT molecular complexity index is 1620. The van der Waals surface area contributed by atoms with Crippen LogP contribution in [0.15, 0.2) is 84.2 Å². The van der Waals surface area contributed by atoms with Crippen LogP contribution in [0.4, 0.5) is 11.4 Å². The number of aromatic amines is 2. The first-order chi connectivity index (χ1) is 18.5. The Balaban J connectivity index is 1.58. The van der Waals surface area contributed by atoms with Gasteiger partial charge in [0, 0.05) is 28.6 Å². The molecule has 0 aliphatic heterocycles. The van der Waals surface area contributed by atoms with Crippen molar-refractivity contribution in [1.29, 1.82) is 0 Å². The lowest BCUT2D eigenvalue weighted by Crippen LogP contribution is -2.04. The van der Waals surface area contributed by atoms with Crippen molar-refractivity contribution in [3.05, 3.63) is 117 Å². The third kappa shape index (κ3) is 5.37. The van der Waals surface area contributed by atoms with E-state index >= 15 is 0 Å². The normalized spacial score (nSPS) is 12.0. The van der Waals surface area contributed by atoms with Crippen LogP contribution in [-0.2, 0) is 6.42 Å². The number of nitrogens with zero attached hydrogens (tertiary/aromatic N) is 3. The third-order valence-electron chi connectivity index (χ3n) is 6.22. The minimum absolute atomic E-state index is 0.0670. The van der Waals surface area contributed by atoms with Gasteiger partial charge in [-0.3, -0.25) is 10.1 Å². The molecule has 0 aliphatic carbocycles. The lowest BCUT2D eigenvalue weighted by atomic mass is 9.98. The number of hydrogen-bond acceptors (Lipinski definition) is 6. The van der Waals surface area contributed by atoms with Gasteiger partial charge < -0.3 is 20.8 Å². The van der Waals surface area contributed by atoms with Crippen molar-refractivity contribution in [3.63, 3.8) is 0 Å². The van der Waals surface area contributed by atoms with Gasteiger partial charge in [-0.2, -0.15) is 0 Å². The molecule has 0 bridgehead atoms. The fraction of sp³-hybridized carbons (Fsp3) is 0.103. The molecule has 9 nitrogen and oxygen atoms in total. The van der Waals surface area contributed by atoms with Crippen LogP contribution in [-0.4, -0.2) is 37.2 Å². The number of nitrogens with one attached hydrogen (secondary N) is 2. The molecule has 0 amide bonds. The van der Waals surface area contributed by atoms with E-state index in [2.05, 4.69) is 15.0 Å². The predicted molar refractivity (Wildman–Crippen MR) is 150 cm³/mol. The van der Waals surface area contributed by atoms with Crippen molar-refractivity contribution in [3.8, 4) is 5.88 Å². The van der Waals surface area contributed by atoms with Gasteiger partial charge in [-0.05, 0) is 54.8 Å². The van der Waals surface area contributed by atoms with Gasteiger partial charge in [0.05, 0.1) is 40.1 Å². The summed E-state index contributed by atoms with van der Waals surface area (Å²) in [7, 11) is 0. The summed E-state index contributed by atoms with van der Waals surface area (Å²) >= 11 is 0. The van der Waals surface area contributed by atoms with E-state index in [1.54, 1.807) is 18.6 Å². The van der Waals surface area contributed by atoms with Crippen LogP contribution < -0.4 is 5.73 Å². The summed E-state index contributed by atoms with van der Waals surface area (Å²) in [6, 6.07) is 20.0. The second-order valence-corrected chi connectivity index (χ2v) is 8.82. The van der Waals surface area contributed by atoms with Crippen molar-refractivity contribution in [1.82, 2.24) is 15.0 Å². The van der Waals surface area contributed by atoms with Gasteiger partial charge in [0.2, 0.25) is 0 Å². The molecule has 2 heterocycles. The molecule has 190 valence electrons. The molecule has 0 saturated carbocycles. The molecule has 5 aromatic rings. The molecular weight excluding hydrogens is 480 g/mol. The first-order valence-electron chi connectivity index (χ1n) is 12.2. The van der Waals surface area contributed by atoms with E-state index in [0.29, 0.717) is 34.4 Å². The molecule has 0 fully saturated rings. The number of nitro benzene ring substituents is 1. The summed E-state index contributed by atoms with van der Waals surface area (Å²) in [5, 5.41) is 22.9. The standard InChI is InChI=1S/C29H26N6O3/c30-15-1-2-19-3-8-21(9-4-19)28(27-25-16-24(35(37)38)13-14-26(25)34-29(27)36)33-22-10-5-20(6-11-22)7-12-23-17-31-18-32-23/h3-14,16-18,34,36H,1-2,15,30H2,(H,31,32)/b12-7+,33-28?. The highest BCUT2D eigenvalue weighted by Crippen LogP contribution is 2.33. The maximum Gasteiger partial charge on any atom is 0.270 e. The maximum atomic E-state index is 11.5. The number of non-ortho nitro benzene ring substituents is 1. The second-order valence-electron chi connectivity index (χ2n) is 8.82. The summed E-state index contributed by atoms with van der Waals surface area (Å²) in [6.45, 7) is 0.615. The van der Waals surface area contributed by atoms with Crippen molar-refractivity contribution in [2.24, 2.45) is 10.7 Å². The molecule has 0 aliphatic rings. The Morgan fingerprint density at radius 3 is 2.55 bits per heavy atom. The molecule has 2 aromatic heterocycles. The number of benzene rings is 3. The van der Waals surface area contributed by atoms with E-state index in [1.165, 1.54) is 12.1 Å². The number of imidazole rings is 1. The van der Waals surface area contributed by atoms with Crippen LogP contribution in [0, 0.1) is 10.1 Å². The monoisotopic (exact) mass is 506 g/mol. The maximum absolute atomic E-state index is 11.5. The summed E-state index contributed by atoms with van der Waals surface area (Å²) in [5.41, 5.74) is 11.5. The fourth-order valence-electron chi connectivity index (χ4n) is 4.25. The summed E-state index contributed by atoms with van der Waals surface area (Å²) in [4.78, 5) is 25.9. The summed E-state index contributed by atoms with van der Waals surface area (Å²) < 4.78 is 0. The number of aromatic nitrogens is 3. The number of aromatic hydroxyl groups is 1. The largest absolute Gasteiger partial charge is 0.494 e. The van der Waals surface area contributed by atoms with Gasteiger partial charge in [-0.25, -0.2) is 9.98 Å². The first-order valence-corrected chi connectivity index (χ1v) is 12.2. The van der Waals surface area contributed by atoms with Crippen molar-refractivity contribution in [2.45, 2.75) is 12.8 Å². The topological polar surface area (TPSA) is 146 Å². The van der Waals surface area contributed by atoms with E-state index in [0.717, 1.165) is 35.2 Å². The van der Waals surface area contributed by atoms with Crippen LogP contribution in [0.1, 0.15) is 34.4 Å². The number of fused-ring (bicyclic) bond motifs is 1. The average Bonchev–Trinajstić information content (AvgIpc) is 3.57. The first kappa shape index (κ1) is 24.7. The Hall–Kier alpha value is -5.02. The van der Waals surface area contributed by atoms with Gasteiger partial charge in [0.25, 0.3) is 5.69 Å². The van der Waals surface area contributed by atoms with E-state index in [4.69, 9.17) is 10.7 Å². The lowest BCUT2D eigenvalue weighted by Gasteiger charge is -2.09. The van der Waals surface area contributed by atoms with Crippen LogP contribution >= 0.6 is 0 Å². The molecule has 9 heteroatoms. The minimum atomic E-state index is -0.453. The van der Waals surface area contributed by atoms with Gasteiger partial charge >= 0.3 is 0 Å². The zero-order chi connectivity index (χ0) is 26.5. The predicted octanol–water partition coefficient (Wildman–Crippen LogP) is 5.74. The average molecular weight is 507 g/mol. The lowest BCUT2D eigenvalue weighted by molar-refractivity contribution is -0.384. The molecule has 0 unspecified atom stereocenters. The number of aliphatic imine (C=N–C) groups is 1. The van der Waals surface area contributed by atoms with E-state index < -0.39 is 4.92 Å². The van der Waals surface area contributed by atoms with E-state index in [-0.39, 0.29) is 11.6 Å². The van der Waals surface area contributed by atoms with Gasteiger partial charge in [-0.1, -0.05) is 42.5 Å². The Kier molecular flexibility index (Phi) is 7.10. The Labute approximate surface area is 218 Å². The molecule has 0 saturated heterocycles. The number of hydrogen-bond donors (Lipinski definition) is 4. The van der Waals surface area contributed by atoms with Gasteiger partial charge in [0.15, 0.2) is 5.88 Å².